The summed E-state index contributed by atoms with van der Waals surface area (Å²) >= 11 is 1.44. The molecule has 0 spiro atoms. The summed E-state index contributed by atoms with van der Waals surface area (Å²) in [5.74, 6) is -0.0521. The van der Waals surface area contributed by atoms with Gasteiger partial charge in [0.2, 0.25) is 5.91 Å². The molecule has 4 rings (SSSR count). The first-order valence-electron chi connectivity index (χ1n) is 9.61. The van der Waals surface area contributed by atoms with Gasteiger partial charge in [-0.05, 0) is 49.3 Å². The van der Waals surface area contributed by atoms with Gasteiger partial charge in [0.25, 0.3) is 0 Å². The number of thiophene rings is 1. The molecule has 150 valence electrons. The largest absolute Gasteiger partial charge is 0.472 e. The van der Waals surface area contributed by atoms with Crippen LogP contribution in [0.15, 0.2) is 29.1 Å². The zero-order valence-electron chi connectivity index (χ0n) is 15.8. The van der Waals surface area contributed by atoms with Gasteiger partial charge < -0.3 is 19.4 Å². The van der Waals surface area contributed by atoms with Gasteiger partial charge in [0, 0.05) is 29.6 Å². The first-order valence-corrected chi connectivity index (χ1v) is 10.4. The monoisotopic (exact) mass is 411 g/mol. The molecule has 1 N–H and O–H groups in total. The van der Waals surface area contributed by atoms with Gasteiger partial charge in [-0.15, -0.1) is 11.3 Å². The Morgan fingerprint density at radius 3 is 3.00 bits per heavy atom. The van der Waals surface area contributed by atoms with Crippen molar-refractivity contribution in [3.8, 4) is 6.07 Å². The smallest absolute Gasteiger partial charge is 0.409 e. The van der Waals surface area contributed by atoms with Gasteiger partial charge in [-0.1, -0.05) is 0 Å². The number of hydrogen-bond acceptors (Lipinski definition) is 6. The Labute approximate surface area is 172 Å². The number of amides is 2. The average molecular weight is 411 g/mol. The summed E-state index contributed by atoms with van der Waals surface area (Å²) in [6.07, 6.45) is 9.33. The van der Waals surface area contributed by atoms with Crippen molar-refractivity contribution in [2.75, 3.05) is 25.0 Å². The van der Waals surface area contributed by atoms with E-state index in [1.54, 1.807) is 23.3 Å². The fourth-order valence-electron chi connectivity index (χ4n) is 3.48. The second kappa shape index (κ2) is 8.53. The molecule has 1 aliphatic heterocycles. The van der Waals surface area contributed by atoms with Gasteiger partial charge in [-0.25, -0.2) is 4.79 Å². The quantitative estimate of drug-likeness (QED) is 0.755. The number of nitrogens with one attached hydrogen (secondary N) is 1. The van der Waals surface area contributed by atoms with E-state index in [0.717, 1.165) is 54.8 Å². The number of ether oxygens (including phenoxy) is 1. The van der Waals surface area contributed by atoms with E-state index >= 15 is 0 Å². The zero-order chi connectivity index (χ0) is 20.2. The van der Waals surface area contributed by atoms with E-state index in [1.807, 2.05) is 0 Å². The molecule has 0 saturated carbocycles. The molecule has 1 aliphatic carbocycles. The van der Waals surface area contributed by atoms with Gasteiger partial charge in [0.1, 0.15) is 11.1 Å². The van der Waals surface area contributed by atoms with Gasteiger partial charge in [0.05, 0.1) is 24.7 Å². The summed E-state index contributed by atoms with van der Waals surface area (Å²) in [4.78, 5) is 26.9. The molecule has 1 saturated heterocycles. The highest BCUT2D eigenvalue weighted by Crippen LogP contribution is 2.39. The molecule has 2 aliphatic rings. The number of rotatable bonds is 5. The number of carbonyl (C=O) groups is 2. The number of hydrogen-bond donors (Lipinski definition) is 1. The van der Waals surface area contributed by atoms with E-state index in [1.165, 1.54) is 23.7 Å². The Balaban J connectivity index is 1.38. The normalized spacial score (nSPS) is 18.0. The standard InChI is InChI=1S/C21H21N3O4S/c22-11-17-16-4-2-15(13-28-21(26)24-7-1-8-24)10-18(16)29-20(17)23-19(25)5-3-14-6-9-27-12-14/h3,5-6,9,12,15H,1-2,4,7-8,10,13H2,(H,23,25)/b5-3+. The molecular weight excluding hydrogens is 390 g/mol. The van der Waals surface area contributed by atoms with Crippen molar-refractivity contribution in [3.05, 3.63) is 46.2 Å². The third-order valence-corrected chi connectivity index (χ3v) is 6.41. The third-order valence-electron chi connectivity index (χ3n) is 5.24. The molecule has 2 aromatic heterocycles. The van der Waals surface area contributed by atoms with Crippen LogP contribution in [0.25, 0.3) is 6.08 Å². The van der Waals surface area contributed by atoms with E-state index in [9.17, 15) is 14.9 Å². The van der Waals surface area contributed by atoms with Crippen LogP contribution in [-0.4, -0.2) is 36.6 Å². The molecule has 0 radical (unpaired) electrons. The number of likely N-dealkylation sites (tertiary alicyclic amines) is 1. The highest BCUT2D eigenvalue weighted by molar-refractivity contribution is 7.16. The van der Waals surface area contributed by atoms with Crippen LogP contribution in [0, 0.1) is 17.2 Å². The second-order valence-electron chi connectivity index (χ2n) is 7.23. The Morgan fingerprint density at radius 2 is 2.31 bits per heavy atom. The first-order chi connectivity index (χ1) is 14.1. The lowest BCUT2D eigenvalue weighted by Gasteiger charge is -2.31. The molecule has 1 unspecified atom stereocenters. The second-order valence-corrected chi connectivity index (χ2v) is 8.33. The van der Waals surface area contributed by atoms with Crippen LogP contribution in [0.5, 0.6) is 0 Å². The van der Waals surface area contributed by atoms with Crippen molar-refractivity contribution < 1.29 is 18.7 Å². The SMILES string of the molecule is N#Cc1c(NC(=O)/C=C/c2ccoc2)sc2c1CCC(COC(=O)N1CCC1)C2. The number of anilines is 1. The Morgan fingerprint density at radius 1 is 1.45 bits per heavy atom. The molecule has 3 heterocycles. The minimum atomic E-state index is -0.290. The lowest BCUT2D eigenvalue weighted by atomic mass is 9.88. The van der Waals surface area contributed by atoms with Crippen molar-refractivity contribution in [2.45, 2.75) is 25.7 Å². The molecule has 1 fully saturated rings. The Hall–Kier alpha value is -3.05. The Bertz CT molecular complexity index is 967. The predicted molar refractivity (Wildman–Crippen MR) is 108 cm³/mol. The number of nitrogens with zero attached hydrogens (tertiary/aromatic N) is 2. The molecule has 2 aromatic rings. The average Bonchev–Trinajstić information content (AvgIpc) is 3.30. The van der Waals surface area contributed by atoms with Crippen LogP contribution in [0.3, 0.4) is 0 Å². The summed E-state index contributed by atoms with van der Waals surface area (Å²) in [7, 11) is 0. The van der Waals surface area contributed by atoms with E-state index in [-0.39, 0.29) is 17.9 Å². The number of furan rings is 1. The highest BCUT2D eigenvalue weighted by Gasteiger charge is 2.28. The zero-order valence-corrected chi connectivity index (χ0v) is 16.7. The first kappa shape index (κ1) is 19.3. The lowest BCUT2D eigenvalue weighted by molar-refractivity contribution is -0.111. The van der Waals surface area contributed by atoms with Crippen LogP contribution in [0.4, 0.5) is 9.80 Å². The minimum Gasteiger partial charge on any atom is -0.472 e. The van der Waals surface area contributed by atoms with E-state index in [0.29, 0.717) is 17.2 Å². The molecule has 29 heavy (non-hydrogen) atoms. The van der Waals surface area contributed by atoms with Crippen molar-refractivity contribution in [3.63, 3.8) is 0 Å². The maximum atomic E-state index is 12.2. The summed E-state index contributed by atoms with van der Waals surface area (Å²) in [6.45, 7) is 1.95. The maximum absolute atomic E-state index is 12.2. The van der Waals surface area contributed by atoms with E-state index in [4.69, 9.17) is 9.15 Å². The molecule has 0 aromatic carbocycles. The van der Waals surface area contributed by atoms with Gasteiger partial charge in [-0.2, -0.15) is 5.26 Å². The Kier molecular flexibility index (Phi) is 5.67. The van der Waals surface area contributed by atoms with Crippen molar-refractivity contribution in [2.24, 2.45) is 5.92 Å². The molecule has 2 amide bonds. The van der Waals surface area contributed by atoms with Crippen molar-refractivity contribution in [1.82, 2.24) is 4.90 Å². The van der Waals surface area contributed by atoms with Crippen LogP contribution in [0.2, 0.25) is 0 Å². The molecule has 7 nitrogen and oxygen atoms in total. The molecule has 0 bridgehead atoms. The number of fused-ring (bicyclic) bond motifs is 1. The predicted octanol–water partition coefficient (Wildman–Crippen LogP) is 3.81. The van der Waals surface area contributed by atoms with Crippen LogP contribution >= 0.6 is 11.3 Å². The summed E-state index contributed by atoms with van der Waals surface area (Å²) in [5, 5.41) is 13.0. The summed E-state index contributed by atoms with van der Waals surface area (Å²) in [6, 6.07) is 3.99. The van der Waals surface area contributed by atoms with Crippen LogP contribution in [-0.2, 0) is 22.4 Å². The lowest BCUT2D eigenvalue weighted by Crippen LogP contribution is -2.43. The highest BCUT2D eigenvalue weighted by atomic mass is 32.1. The van der Waals surface area contributed by atoms with Crippen molar-refractivity contribution >= 4 is 34.4 Å². The van der Waals surface area contributed by atoms with Gasteiger partial charge in [0.15, 0.2) is 0 Å². The summed E-state index contributed by atoms with van der Waals surface area (Å²) < 4.78 is 10.4. The summed E-state index contributed by atoms with van der Waals surface area (Å²) in [5.41, 5.74) is 2.35. The van der Waals surface area contributed by atoms with Crippen molar-refractivity contribution in [1.29, 1.82) is 5.26 Å². The molecule has 1 atom stereocenters. The van der Waals surface area contributed by atoms with E-state index < -0.39 is 0 Å². The maximum Gasteiger partial charge on any atom is 0.409 e. The van der Waals surface area contributed by atoms with Crippen LogP contribution < -0.4 is 5.32 Å². The fraction of sp³-hybridized carbons (Fsp3) is 0.381. The third kappa shape index (κ3) is 4.35. The number of carbonyl (C=O) groups excluding carboxylic acids is 2. The van der Waals surface area contributed by atoms with E-state index in [2.05, 4.69) is 11.4 Å². The van der Waals surface area contributed by atoms with Crippen LogP contribution in [0.1, 0.15) is 34.4 Å². The molecule has 8 heteroatoms. The number of nitriles is 1. The van der Waals surface area contributed by atoms with Gasteiger partial charge in [-0.3, -0.25) is 4.79 Å². The fourth-order valence-corrected chi connectivity index (χ4v) is 4.79. The minimum absolute atomic E-state index is 0.233. The molecular formula is C21H21N3O4S. The van der Waals surface area contributed by atoms with Gasteiger partial charge >= 0.3 is 6.09 Å². The topological polar surface area (TPSA) is 95.6 Å².